The van der Waals surface area contributed by atoms with Crippen LogP contribution in [0.1, 0.15) is 6.42 Å². The first-order valence-corrected chi connectivity index (χ1v) is 4.98. The maximum Gasteiger partial charge on any atom is 0.252 e. The van der Waals surface area contributed by atoms with Gasteiger partial charge in [-0.05, 0) is 0 Å². The number of nitrogens with zero attached hydrogens (tertiary/aromatic N) is 1. The number of hydrogen-bond donors (Lipinski definition) is 2. The van der Waals surface area contributed by atoms with Crippen molar-refractivity contribution < 1.29 is 9.59 Å². The van der Waals surface area contributed by atoms with Gasteiger partial charge in [0.2, 0.25) is 5.91 Å². The van der Waals surface area contributed by atoms with Crippen molar-refractivity contribution in [1.29, 1.82) is 5.41 Å². The monoisotopic (exact) mass is 210 g/mol. The van der Waals surface area contributed by atoms with Crippen LogP contribution in [0.2, 0.25) is 0 Å². The number of rotatable bonds is 4. The third kappa shape index (κ3) is 1.22. The normalized spacial score (nSPS) is 24.4. The lowest BCUT2D eigenvalue weighted by molar-refractivity contribution is -0.137. The highest BCUT2D eigenvalue weighted by Gasteiger charge is 2.45. The summed E-state index contributed by atoms with van der Waals surface area (Å²) in [5.41, 5.74) is 0.339. The van der Waals surface area contributed by atoms with E-state index in [1.165, 1.54) is 16.7 Å². The summed E-state index contributed by atoms with van der Waals surface area (Å²) in [5, 5.41) is 9.57. The number of amides is 1. The Morgan fingerprint density at radius 2 is 2.57 bits per heavy atom. The first-order chi connectivity index (χ1) is 6.77. The maximum absolute atomic E-state index is 11.1. The Kier molecular flexibility index (Phi) is 2.28. The highest BCUT2D eigenvalue weighted by atomic mass is 32.2. The van der Waals surface area contributed by atoms with Crippen molar-refractivity contribution in [3.8, 4) is 0 Å². The lowest BCUT2D eigenvalue weighted by Crippen LogP contribution is -2.47. The Balaban J connectivity index is 2.16. The van der Waals surface area contributed by atoms with Crippen LogP contribution in [0.3, 0.4) is 0 Å². The Bertz CT molecular complexity index is 339. The molecule has 6 heteroatoms. The van der Waals surface area contributed by atoms with Gasteiger partial charge in [0.1, 0.15) is 5.70 Å². The Labute approximate surface area is 85.0 Å². The summed E-state index contributed by atoms with van der Waals surface area (Å²) >= 11 is 1.49. The standard InChI is InChI=1S/C8H8N3O2S/c9-4-10-2-6-5(3-12)11-7(13)1-8(11)14-6/h4,8H,1-2H2,(H2,9,10)/t8-/m1/s1. The predicted molar refractivity (Wildman–Crippen MR) is 52.3 cm³/mol. The summed E-state index contributed by atoms with van der Waals surface area (Å²) in [4.78, 5) is 24.0. The van der Waals surface area contributed by atoms with E-state index >= 15 is 0 Å². The highest BCUT2D eigenvalue weighted by molar-refractivity contribution is 8.04. The van der Waals surface area contributed by atoms with Crippen LogP contribution in [-0.2, 0) is 9.59 Å². The molecule has 2 aliphatic heterocycles. The van der Waals surface area contributed by atoms with Gasteiger partial charge in [0.15, 0.2) is 0 Å². The number of allylic oxidation sites excluding steroid dienone is 1. The van der Waals surface area contributed by atoms with Crippen LogP contribution in [0.4, 0.5) is 0 Å². The van der Waals surface area contributed by atoms with Crippen molar-refractivity contribution in [2.45, 2.75) is 11.8 Å². The quantitative estimate of drug-likeness (QED) is 0.383. The maximum atomic E-state index is 11.1. The number of fused-ring (bicyclic) bond motifs is 1. The third-order valence-corrected chi connectivity index (χ3v) is 3.42. The molecule has 1 radical (unpaired) electrons. The highest BCUT2D eigenvalue weighted by Crippen LogP contribution is 2.44. The topological polar surface area (TPSA) is 73.3 Å². The van der Waals surface area contributed by atoms with Gasteiger partial charge in [0.25, 0.3) is 6.29 Å². The predicted octanol–water partition coefficient (Wildman–Crippen LogP) is -0.190. The molecular weight excluding hydrogens is 202 g/mol. The van der Waals surface area contributed by atoms with E-state index in [-0.39, 0.29) is 11.3 Å². The van der Waals surface area contributed by atoms with Crippen molar-refractivity contribution >= 4 is 30.3 Å². The van der Waals surface area contributed by atoms with Gasteiger partial charge in [-0.25, -0.2) is 0 Å². The Morgan fingerprint density at radius 1 is 1.79 bits per heavy atom. The molecule has 0 aromatic heterocycles. The van der Waals surface area contributed by atoms with Gasteiger partial charge in [-0.3, -0.25) is 19.9 Å². The SMILES string of the molecule is N=CNCC1=C([C]=O)N2C(=O)C[C@H]2S1. The molecule has 5 nitrogen and oxygen atoms in total. The molecule has 1 fully saturated rings. The summed E-state index contributed by atoms with van der Waals surface area (Å²) in [6, 6.07) is 0. The van der Waals surface area contributed by atoms with Gasteiger partial charge in [0.05, 0.1) is 18.1 Å². The number of carbonyl (C=O) groups excluding carboxylic acids is 2. The van der Waals surface area contributed by atoms with Crippen LogP contribution in [0.15, 0.2) is 10.6 Å². The smallest absolute Gasteiger partial charge is 0.252 e. The molecule has 0 aromatic rings. The summed E-state index contributed by atoms with van der Waals surface area (Å²) in [6.07, 6.45) is 3.34. The third-order valence-electron chi connectivity index (χ3n) is 2.15. The van der Waals surface area contributed by atoms with Crippen LogP contribution in [0.25, 0.3) is 0 Å². The van der Waals surface area contributed by atoms with E-state index in [2.05, 4.69) is 5.32 Å². The van der Waals surface area contributed by atoms with Crippen LogP contribution in [0, 0.1) is 5.41 Å². The van der Waals surface area contributed by atoms with E-state index in [4.69, 9.17) is 5.41 Å². The second-order valence-electron chi connectivity index (χ2n) is 2.94. The molecule has 1 amide bonds. The Hall–Kier alpha value is -1.30. The minimum atomic E-state index is -0.0225. The first kappa shape index (κ1) is 9.26. The van der Waals surface area contributed by atoms with Crippen molar-refractivity contribution in [2.75, 3.05) is 6.54 Å². The zero-order valence-electron chi connectivity index (χ0n) is 7.24. The number of β-lactam (4-membered cyclic amide) rings is 1. The molecule has 2 rings (SSSR count). The van der Waals surface area contributed by atoms with Gasteiger partial charge in [0, 0.05) is 11.4 Å². The lowest BCUT2D eigenvalue weighted by atomic mass is 10.2. The zero-order valence-corrected chi connectivity index (χ0v) is 8.06. The molecule has 0 bridgehead atoms. The number of hydrogen-bond acceptors (Lipinski definition) is 4. The Morgan fingerprint density at radius 3 is 3.14 bits per heavy atom. The van der Waals surface area contributed by atoms with Gasteiger partial charge < -0.3 is 5.32 Å². The van der Waals surface area contributed by atoms with E-state index < -0.39 is 0 Å². The van der Waals surface area contributed by atoms with Crippen LogP contribution >= 0.6 is 11.8 Å². The second kappa shape index (κ2) is 3.45. The molecule has 0 aromatic carbocycles. The molecule has 1 atom stereocenters. The van der Waals surface area contributed by atoms with Gasteiger partial charge in [-0.1, -0.05) is 0 Å². The molecule has 0 saturated carbocycles. The van der Waals surface area contributed by atoms with Crippen molar-refractivity contribution in [3.63, 3.8) is 0 Å². The van der Waals surface area contributed by atoms with E-state index in [0.717, 1.165) is 11.2 Å². The van der Waals surface area contributed by atoms with Crippen LogP contribution in [0.5, 0.6) is 0 Å². The first-order valence-electron chi connectivity index (χ1n) is 4.10. The summed E-state index contributed by atoms with van der Waals surface area (Å²) in [6.45, 7) is 0.416. The van der Waals surface area contributed by atoms with E-state index in [0.29, 0.717) is 18.7 Å². The molecule has 2 heterocycles. The van der Waals surface area contributed by atoms with E-state index in [9.17, 15) is 9.59 Å². The molecule has 0 aliphatic carbocycles. The van der Waals surface area contributed by atoms with Crippen LogP contribution < -0.4 is 5.32 Å². The van der Waals surface area contributed by atoms with E-state index in [1.807, 2.05) is 0 Å². The molecular formula is C8H8N3O2S. The summed E-state index contributed by atoms with van der Waals surface area (Å²) in [5.74, 6) is -0.0225. The fourth-order valence-electron chi connectivity index (χ4n) is 1.48. The average Bonchev–Trinajstić information content (AvgIpc) is 2.46. The molecule has 73 valence electrons. The molecule has 0 spiro atoms. The van der Waals surface area contributed by atoms with Gasteiger partial charge in [-0.2, -0.15) is 0 Å². The molecule has 2 N–H and O–H groups in total. The lowest BCUT2D eigenvalue weighted by Gasteiger charge is -2.33. The molecule has 2 aliphatic rings. The second-order valence-corrected chi connectivity index (χ2v) is 4.21. The largest absolute Gasteiger partial charge is 0.372 e. The number of carbonyl (C=O) groups is 1. The van der Waals surface area contributed by atoms with Crippen molar-refractivity contribution in [1.82, 2.24) is 10.2 Å². The van der Waals surface area contributed by atoms with Gasteiger partial charge >= 0.3 is 0 Å². The van der Waals surface area contributed by atoms with Crippen molar-refractivity contribution in [2.24, 2.45) is 0 Å². The fourth-order valence-corrected chi connectivity index (χ4v) is 2.78. The van der Waals surface area contributed by atoms with Gasteiger partial charge in [-0.15, -0.1) is 11.8 Å². The summed E-state index contributed by atoms with van der Waals surface area (Å²) in [7, 11) is 0. The minimum absolute atomic E-state index is 0.0225. The number of nitrogens with one attached hydrogen (secondary N) is 2. The molecule has 1 saturated heterocycles. The minimum Gasteiger partial charge on any atom is -0.372 e. The van der Waals surface area contributed by atoms with Crippen molar-refractivity contribution in [3.05, 3.63) is 10.6 Å². The van der Waals surface area contributed by atoms with E-state index in [1.54, 1.807) is 6.29 Å². The summed E-state index contributed by atoms with van der Waals surface area (Å²) < 4.78 is 0. The van der Waals surface area contributed by atoms with Crippen LogP contribution in [-0.4, -0.2) is 35.4 Å². The molecule has 0 unspecified atom stereocenters. The zero-order chi connectivity index (χ0) is 10.1. The number of thioether (sulfide) groups is 1. The average molecular weight is 210 g/mol. The molecule has 14 heavy (non-hydrogen) atoms. The fraction of sp³-hybridized carbons (Fsp3) is 0.375.